The molecule has 2 N–H and O–H groups in total. The van der Waals surface area contributed by atoms with Crippen LogP contribution in [0.5, 0.6) is 11.5 Å². The first-order valence-corrected chi connectivity index (χ1v) is 9.83. The van der Waals surface area contributed by atoms with Crippen LogP contribution >= 0.6 is 22.9 Å². The van der Waals surface area contributed by atoms with Crippen molar-refractivity contribution < 1.29 is 19.4 Å². The molecule has 2 aromatic carbocycles. The molecule has 0 saturated heterocycles. The summed E-state index contributed by atoms with van der Waals surface area (Å²) in [5, 5.41) is 14.8. The number of thiophene rings is 1. The lowest BCUT2D eigenvalue weighted by Crippen LogP contribution is -2.04. The third kappa shape index (κ3) is 4.77. The molecule has 0 aliphatic rings. The average Bonchev–Trinajstić information content (AvgIpc) is 3.19. The van der Waals surface area contributed by atoms with Gasteiger partial charge < -0.3 is 19.9 Å². The van der Waals surface area contributed by atoms with Crippen molar-refractivity contribution in [3.8, 4) is 11.5 Å². The van der Waals surface area contributed by atoms with E-state index in [0.29, 0.717) is 29.7 Å². The Bertz CT molecular complexity index is 973. The maximum absolute atomic E-state index is 11.1. The van der Waals surface area contributed by atoms with Gasteiger partial charge in [0.05, 0.1) is 17.7 Å². The molecule has 0 saturated carbocycles. The highest BCUT2D eigenvalue weighted by atomic mass is 35.5. The van der Waals surface area contributed by atoms with Crippen LogP contribution in [0.15, 0.2) is 47.8 Å². The van der Waals surface area contributed by atoms with Gasteiger partial charge in [-0.05, 0) is 59.8 Å². The molecule has 0 unspecified atom stereocenters. The Morgan fingerprint density at radius 3 is 2.71 bits per heavy atom. The van der Waals surface area contributed by atoms with Crippen molar-refractivity contribution in [2.24, 2.45) is 0 Å². The number of hydrogen-bond acceptors (Lipinski definition) is 5. The van der Waals surface area contributed by atoms with Gasteiger partial charge in [-0.15, -0.1) is 11.3 Å². The van der Waals surface area contributed by atoms with Crippen LogP contribution in [0.4, 0.5) is 5.69 Å². The molecule has 1 heterocycles. The number of aromatic carboxylic acids is 1. The average molecular weight is 418 g/mol. The SMILES string of the molecule is COc1cc(CNc2ccc(C(=O)O)cc2C)cc(Cl)c1OCc1cccs1. The summed E-state index contributed by atoms with van der Waals surface area (Å²) in [4.78, 5) is 12.2. The van der Waals surface area contributed by atoms with E-state index in [1.165, 1.54) is 0 Å². The van der Waals surface area contributed by atoms with E-state index in [1.54, 1.807) is 36.6 Å². The summed E-state index contributed by atoms with van der Waals surface area (Å²) in [5.74, 6) is 0.145. The maximum atomic E-state index is 11.1. The van der Waals surface area contributed by atoms with E-state index < -0.39 is 5.97 Å². The van der Waals surface area contributed by atoms with Crippen molar-refractivity contribution in [1.29, 1.82) is 0 Å². The number of nitrogens with one attached hydrogen (secondary N) is 1. The van der Waals surface area contributed by atoms with Gasteiger partial charge in [0.25, 0.3) is 0 Å². The number of benzene rings is 2. The molecular formula is C21H20ClNO4S. The number of methoxy groups -OCH3 is 1. The van der Waals surface area contributed by atoms with Crippen LogP contribution in [0.3, 0.4) is 0 Å². The van der Waals surface area contributed by atoms with Crippen molar-refractivity contribution in [2.75, 3.05) is 12.4 Å². The number of carbonyl (C=O) groups is 1. The lowest BCUT2D eigenvalue weighted by Gasteiger charge is -2.15. The Morgan fingerprint density at radius 1 is 1.25 bits per heavy atom. The fourth-order valence-electron chi connectivity index (χ4n) is 2.75. The first-order chi connectivity index (χ1) is 13.5. The van der Waals surface area contributed by atoms with Crippen LogP contribution in [0.2, 0.25) is 5.02 Å². The first-order valence-electron chi connectivity index (χ1n) is 8.57. The number of rotatable bonds is 8. The van der Waals surface area contributed by atoms with Gasteiger partial charge in [-0.2, -0.15) is 0 Å². The number of ether oxygens (including phenoxy) is 2. The molecule has 146 valence electrons. The van der Waals surface area contributed by atoms with Crippen LogP contribution in [-0.4, -0.2) is 18.2 Å². The minimum Gasteiger partial charge on any atom is -0.493 e. The second-order valence-electron chi connectivity index (χ2n) is 6.17. The van der Waals surface area contributed by atoms with Gasteiger partial charge >= 0.3 is 5.97 Å². The summed E-state index contributed by atoms with van der Waals surface area (Å²) >= 11 is 8.05. The predicted molar refractivity (Wildman–Crippen MR) is 112 cm³/mol. The number of halogens is 1. The van der Waals surface area contributed by atoms with Gasteiger partial charge in [-0.3, -0.25) is 0 Å². The first kappa shape index (κ1) is 20.0. The molecular weight excluding hydrogens is 398 g/mol. The summed E-state index contributed by atoms with van der Waals surface area (Å²) in [6.45, 7) is 2.80. The molecule has 0 fully saturated rings. The molecule has 28 heavy (non-hydrogen) atoms. The molecule has 0 spiro atoms. The van der Waals surface area contributed by atoms with E-state index in [9.17, 15) is 4.79 Å². The van der Waals surface area contributed by atoms with Crippen molar-refractivity contribution in [3.05, 3.63) is 74.4 Å². The Hall–Kier alpha value is -2.70. The van der Waals surface area contributed by atoms with Crippen LogP contribution in [-0.2, 0) is 13.2 Å². The van der Waals surface area contributed by atoms with E-state index in [-0.39, 0.29) is 5.56 Å². The van der Waals surface area contributed by atoms with E-state index in [1.807, 2.05) is 36.6 Å². The smallest absolute Gasteiger partial charge is 0.335 e. The zero-order chi connectivity index (χ0) is 20.1. The van der Waals surface area contributed by atoms with Gasteiger partial charge in [0.2, 0.25) is 0 Å². The molecule has 3 aromatic rings. The van der Waals surface area contributed by atoms with Crippen LogP contribution < -0.4 is 14.8 Å². The predicted octanol–water partition coefficient (Wildman–Crippen LogP) is 5.61. The molecule has 0 bridgehead atoms. The van der Waals surface area contributed by atoms with E-state index in [0.717, 1.165) is 21.7 Å². The van der Waals surface area contributed by atoms with Crippen LogP contribution in [0, 0.1) is 6.92 Å². The molecule has 0 aliphatic heterocycles. The fourth-order valence-corrected chi connectivity index (χ4v) is 3.65. The minimum atomic E-state index is -0.940. The normalized spacial score (nSPS) is 10.5. The molecule has 3 rings (SSSR count). The van der Waals surface area contributed by atoms with E-state index in [4.69, 9.17) is 26.2 Å². The highest BCUT2D eigenvalue weighted by molar-refractivity contribution is 7.09. The second-order valence-corrected chi connectivity index (χ2v) is 7.60. The Kier molecular flexibility index (Phi) is 6.44. The van der Waals surface area contributed by atoms with Crippen molar-refractivity contribution >= 4 is 34.6 Å². The third-order valence-corrected chi connectivity index (χ3v) is 5.32. The van der Waals surface area contributed by atoms with Gasteiger partial charge in [-0.1, -0.05) is 17.7 Å². The number of carboxylic acid groups (broad SMARTS) is 1. The number of aryl methyl sites for hydroxylation is 1. The summed E-state index contributed by atoms with van der Waals surface area (Å²) in [6, 6.07) is 12.7. The van der Waals surface area contributed by atoms with Gasteiger partial charge in [0, 0.05) is 17.1 Å². The quantitative estimate of drug-likeness (QED) is 0.498. The molecule has 0 radical (unpaired) electrons. The molecule has 0 amide bonds. The van der Waals surface area contributed by atoms with E-state index in [2.05, 4.69) is 5.32 Å². The van der Waals surface area contributed by atoms with Crippen LogP contribution in [0.1, 0.15) is 26.4 Å². The van der Waals surface area contributed by atoms with Crippen LogP contribution in [0.25, 0.3) is 0 Å². The number of carboxylic acids is 1. The largest absolute Gasteiger partial charge is 0.493 e. The van der Waals surface area contributed by atoms with E-state index >= 15 is 0 Å². The molecule has 7 heteroatoms. The van der Waals surface area contributed by atoms with Gasteiger partial charge in [0.1, 0.15) is 6.61 Å². The minimum absolute atomic E-state index is 0.264. The summed E-state index contributed by atoms with van der Waals surface area (Å²) in [6.07, 6.45) is 0. The summed E-state index contributed by atoms with van der Waals surface area (Å²) in [5.41, 5.74) is 2.90. The molecule has 0 atom stereocenters. The molecule has 0 aliphatic carbocycles. The Balaban J connectivity index is 1.72. The monoisotopic (exact) mass is 417 g/mol. The topological polar surface area (TPSA) is 67.8 Å². The third-order valence-electron chi connectivity index (χ3n) is 4.18. The standard InChI is InChI=1S/C21H20ClNO4S/c1-13-8-15(21(24)25)5-6-18(13)23-11-14-9-17(22)20(19(10-14)26-2)27-12-16-4-3-7-28-16/h3-10,23H,11-12H2,1-2H3,(H,24,25). The van der Waals surface area contributed by atoms with Crippen molar-refractivity contribution in [3.63, 3.8) is 0 Å². The second kappa shape index (κ2) is 8.99. The Labute approximate surface area is 172 Å². The lowest BCUT2D eigenvalue weighted by molar-refractivity contribution is 0.0697. The maximum Gasteiger partial charge on any atom is 0.335 e. The molecule has 5 nitrogen and oxygen atoms in total. The van der Waals surface area contributed by atoms with Gasteiger partial charge in [-0.25, -0.2) is 4.79 Å². The zero-order valence-electron chi connectivity index (χ0n) is 15.5. The Morgan fingerprint density at radius 2 is 2.07 bits per heavy atom. The van der Waals surface area contributed by atoms with Crippen molar-refractivity contribution in [2.45, 2.75) is 20.1 Å². The summed E-state index contributed by atoms with van der Waals surface area (Å²) < 4.78 is 11.3. The van der Waals surface area contributed by atoms with Crippen molar-refractivity contribution in [1.82, 2.24) is 0 Å². The fraction of sp³-hybridized carbons (Fsp3) is 0.190. The lowest BCUT2D eigenvalue weighted by atomic mass is 10.1. The highest BCUT2D eigenvalue weighted by Gasteiger charge is 2.13. The number of anilines is 1. The summed E-state index contributed by atoms with van der Waals surface area (Å²) in [7, 11) is 1.58. The zero-order valence-corrected chi connectivity index (χ0v) is 17.1. The molecule has 1 aromatic heterocycles. The van der Waals surface area contributed by atoms with Gasteiger partial charge in [0.15, 0.2) is 11.5 Å². The number of hydrogen-bond donors (Lipinski definition) is 2. The highest BCUT2D eigenvalue weighted by Crippen LogP contribution is 2.37.